The predicted octanol–water partition coefficient (Wildman–Crippen LogP) is 7.12. The number of hydrogen-bond acceptors (Lipinski definition) is 6. The minimum atomic E-state index is -0.625. The van der Waals surface area contributed by atoms with Gasteiger partial charge >= 0.3 is 5.97 Å². The quantitative estimate of drug-likeness (QED) is 0.0980. The van der Waals surface area contributed by atoms with Crippen LogP contribution in [-0.4, -0.2) is 75.5 Å². The average Bonchev–Trinajstić information content (AvgIpc) is 3.63. The zero-order valence-electron chi connectivity index (χ0n) is 28.2. The van der Waals surface area contributed by atoms with E-state index in [1.165, 1.54) is 7.11 Å². The fourth-order valence-electron chi connectivity index (χ4n) is 7.23. The van der Waals surface area contributed by atoms with Crippen LogP contribution in [0.15, 0.2) is 134 Å². The lowest BCUT2D eigenvalue weighted by molar-refractivity contribution is -0.147. The lowest BCUT2D eigenvalue weighted by atomic mass is 9.77. The van der Waals surface area contributed by atoms with E-state index in [1.54, 1.807) is 11.8 Å². The molecule has 1 amide bonds. The van der Waals surface area contributed by atoms with Crippen molar-refractivity contribution in [3.63, 3.8) is 0 Å². The molecule has 1 aliphatic heterocycles. The van der Waals surface area contributed by atoms with E-state index in [9.17, 15) is 9.59 Å². The number of methoxy groups -OCH3 is 1. The van der Waals surface area contributed by atoms with E-state index in [2.05, 4.69) is 107 Å². The normalized spacial score (nSPS) is 14.7. The molecule has 0 N–H and O–H groups in total. The van der Waals surface area contributed by atoms with Gasteiger partial charge in [0.05, 0.1) is 19.1 Å². The molecule has 1 saturated heterocycles. The van der Waals surface area contributed by atoms with Crippen molar-refractivity contribution in [3.8, 4) is 0 Å². The van der Waals surface area contributed by atoms with Crippen molar-refractivity contribution in [2.45, 2.75) is 43.4 Å². The Morgan fingerprint density at radius 1 is 0.837 bits per heavy atom. The number of ether oxygens (including phenoxy) is 1. The second kappa shape index (κ2) is 16.2. The van der Waals surface area contributed by atoms with Crippen LogP contribution in [0.2, 0.25) is 0 Å². The molecule has 1 atom stereocenters. The van der Waals surface area contributed by atoms with Gasteiger partial charge in [-0.3, -0.25) is 9.69 Å². The minimum absolute atomic E-state index is 0.0747. The second-order valence-electron chi connectivity index (χ2n) is 12.5. The lowest BCUT2D eigenvalue weighted by Crippen LogP contribution is -2.54. The molecule has 1 fully saturated rings. The molecule has 2 heterocycles. The van der Waals surface area contributed by atoms with Gasteiger partial charge in [-0.05, 0) is 60.1 Å². The van der Waals surface area contributed by atoms with Crippen molar-refractivity contribution in [1.29, 1.82) is 0 Å². The van der Waals surface area contributed by atoms with Crippen molar-refractivity contribution in [3.05, 3.63) is 162 Å². The number of hydrogen-bond donors (Lipinski definition) is 0. The molecule has 0 spiro atoms. The first kappa shape index (κ1) is 34.2. The average molecular weight is 673 g/mol. The smallest absolute Gasteiger partial charge is 0.328 e. The van der Waals surface area contributed by atoms with Crippen LogP contribution in [0.25, 0.3) is 0 Å². The summed E-state index contributed by atoms with van der Waals surface area (Å²) in [6.45, 7) is 2.26. The summed E-state index contributed by atoms with van der Waals surface area (Å²) in [4.78, 5) is 36.2. The first-order valence-electron chi connectivity index (χ1n) is 16.9. The van der Waals surface area contributed by atoms with Crippen LogP contribution in [0.3, 0.4) is 0 Å². The highest BCUT2D eigenvalue weighted by molar-refractivity contribution is 7.98. The Morgan fingerprint density at radius 2 is 1.35 bits per heavy atom. The van der Waals surface area contributed by atoms with Crippen LogP contribution < -0.4 is 0 Å². The number of thioether (sulfide) groups is 1. The van der Waals surface area contributed by atoms with Gasteiger partial charge in [0.15, 0.2) is 0 Å². The summed E-state index contributed by atoms with van der Waals surface area (Å²) < 4.78 is 7.48. The number of esters is 1. The highest BCUT2D eigenvalue weighted by atomic mass is 32.2. The summed E-state index contributed by atoms with van der Waals surface area (Å²) in [6, 6.07) is 40.4. The molecular weight excluding hydrogens is 629 g/mol. The number of piperidine rings is 1. The molecule has 252 valence electrons. The van der Waals surface area contributed by atoms with E-state index in [0.29, 0.717) is 18.5 Å². The Kier molecular flexibility index (Phi) is 11.3. The Labute approximate surface area is 293 Å². The van der Waals surface area contributed by atoms with Crippen molar-refractivity contribution >= 4 is 23.6 Å². The molecule has 4 aromatic carbocycles. The molecule has 0 radical (unpaired) electrons. The molecule has 5 aromatic rings. The molecular formula is C41H44N4O3S. The van der Waals surface area contributed by atoms with Crippen molar-refractivity contribution in [2.75, 3.05) is 32.2 Å². The van der Waals surface area contributed by atoms with Gasteiger partial charge in [-0.15, -0.1) is 0 Å². The molecule has 1 aromatic heterocycles. The summed E-state index contributed by atoms with van der Waals surface area (Å²) in [5.41, 5.74) is 4.42. The third-order valence-corrected chi connectivity index (χ3v) is 10.2. The van der Waals surface area contributed by atoms with Crippen LogP contribution in [0.5, 0.6) is 0 Å². The minimum Gasteiger partial charge on any atom is -0.467 e. The SMILES string of the molecule is COC(=O)[C@H](CCSC)N(C(=O)c1ccccc1)C1CCN(Cc2cn(C(c3ccccc3)(c3ccccc3)c3ccccc3)cn2)CC1. The van der Waals surface area contributed by atoms with Crippen molar-refractivity contribution < 1.29 is 14.3 Å². The maximum Gasteiger partial charge on any atom is 0.328 e. The van der Waals surface area contributed by atoms with Crippen LogP contribution in [0, 0.1) is 0 Å². The fourth-order valence-corrected chi connectivity index (χ4v) is 7.69. The van der Waals surface area contributed by atoms with Gasteiger partial charge in [0, 0.05) is 37.4 Å². The van der Waals surface area contributed by atoms with Crippen LogP contribution >= 0.6 is 11.8 Å². The number of amides is 1. The topological polar surface area (TPSA) is 67.7 Å². The summed E-state index contributed by atoms with van der Waals surface area (Å²) in [5, 5.41) is 0. The summed E-state index contributed by atoms with van der Waals surface area (Å²) >= 11 is 1.67. The second-order valence-corrected chi connectivity index (χ2v) is 13.5. The Bertz CT molecular complexity index is 1680. The molecule has 8 heteroatoms. The maximum atomic E-state index is 14.0. The Balaban J connectivity index is 1.26. The zero-order valence-corrected chi connectivity index (χ0v) is 29.0. The van der Waals surface area contributed by atoms with Crippen molar-refractivity contribution in [2.24, 2.45) is 0 Å². The van der Waals surface area contributed by atoms with E-state index in [4.69, 9.17) is 9.72 Å². The number of imidazole rings is 1. The highest BCUT2D eigenvalue weighted by Crippen LogP contribution is 2.41. The Hall–Kier alpha value is -4.66. The molecule has 0 saturated carbocycles. The molecule has 0 bridgehead atoms. The van der Waals surface area contributed by atoms with E-state index in [1.807, 2.05) is 47.8 Å². The van der Waals surface area contributed by atoms with Crippen LogP contribution in [-0.2, 0) is 21.6 Å². The molecule has 6 rings (SSSR count). The first-order chi connectivity index (χ1) is 24.1. The summed E-state index contributed by atoms with van der Waals surface area (Å²) in [6.07, 6.45) is 8.22. The van der Waals surface area contributed by atoms with E-state index in [0.717, 1.165) is 54.1 Å². The van der Waals surface area contributed by atoms with Gasteiger partial charge in [-0.1, -0.05) is 109 Å². The third kappa shape index (κ3) is 7.36. The number of nitrogens with zero attached hydrogens (tertiary/aromatic N) is 4. The Morgan fingerprint density at radius 3 is 1.84 bits per heavy atom. The lowest BCUT2D eigenvalue weighted by Gasteiger charge is -2.41. The monoisotopic (exact) mass is 672 g/mol. The van der Waals surface area contributed by atoms with E-state index < -0.39 is 11.6 Å². The van der Waals surface area contributed by atoms with Gasteiger partial charge in [0.25, 0.3) is 5.91 Å². The largest absolute Gasteiger partial charge is 0.467 e. The van der Waals surface area contributed by atoms with Gasteiger partial charge in [0.2, 0.25) is 0 Å². The van der Waals surface area contributed by atoms with Gasteiger partial charge in [-0.2, -0.15) is 11.8 Å². The summed E-state index contributed by atoms with van der Waals surface area (Å²) in [5.74, 6) is 0.286. The number of aromatic nitrogens is 2. The maximum absolute atomic E-state index is 14.0. The zero-order chi connectivity index (χ0) is 34.1. The molecule has 0 aliphatic carbocycles. The van der Waals surface area contributed by atoms with Crippen LogP contribution in [0.4, 0.5) is 0 Å². The number of rotatable bonds is 13. The van der Waals surface area contributed by atoms with Gasteiger partial charge < -0.3 is 14.2 Å². The number of carbonyl (C=O) groups is 2. The van der Waals surface area contributed by atoms with Gasteiger partial charge in [0.1, 0.15) is 11.6 Å². The van der Waals surface area contributed by atoms with Crippen LogP contribution in [0.1, 0.15) is 52.0 Å². The fraction of sp³-hybridized carbons (Fsp3) is 0.293. The third-order valence-electron chi connectivity index (χ3n) is 9.59. The standard InChI is InChI=1S/C41H44N4O3S/c1-48-40(47)38(25-28-49-2)45(39(46)32-15-7-3-8-16-32)37-23-26-43(27-24-37)29-36-30-44(31-42-36)41(33-17-9-4-10-18-33,34-19-11-5-12-20-34)35-21-13-6-14-22-35/h3-22,30-31,37-38H,23-29H2,1-2H3/t38-/m0/s1. The molecule has 49 heavy (non-hydrogen) atoms. The van der Waals surface area contributed by atoms with E-state index in [-0.39, 0.29) is 17.9 Å². The molecule has 0 unspecified atom stereocenters. The van der Waals surface area contributed by atoms with Crippen molar-refractivity contribution in [1.82, 2.24) is 19.4 Å². The van der Waals surface area contributed by atoms with E-state index >= 15 is 0 Å². The molecule has 1 aliphatic rings. The highest BCUT2D eigenvalue weighted by Gasteiger charge is 2.40. The summed E-state index contributed by atoms with van der Waals surface area (Å²) in [7, 11) is 1.41. The number of benzene rings is 4. The first-order valence-corrected chi connectivity index (χ1v) is 18.3. The molecule has 7 nitrogen and oxygen atoms in total. The number of likely N-dealkylation sites (tertiary alicyclic amines) is 1. The van der Waals surface area contributed by atoms with Gasteiger partial charge in [-0.25, -0.2) is 9.78 Å². The predicted molar refractivity (Wildman–Crippen MR) is 197 cm³/mol. The number of carbonyl (C=O) groups excluding carboxylic acids is 2.